The molecular weight excluding hydrogens is 520 g/mol. The summed E-state index contributed by atoms with van der Waals surface area (Å²) < 4.78 is 35.2. The number of nitrogens with zero attached hydrogens (tertiary/aromatic N) is 1. The molecule has 0 fully saturated rings. The lowest BCUT2D eigenvalue weighted by Gasteiger charge is -2.27. The Morgan fingerprint density at radius 2 is 1.45 bits per heavy atom. The number of para-hydroxylation sites is 2. The van der Waals surface area contributed by atoms with Crippen molar-refractivity contribution in [1.82, 2.24) is 5.32 Å². The molecule has 0 saturated heterocycles. The minimum atomic E-state index is -3.98. The van der Waals surface area contributed by atoms with Gasteiger partial charge in [0, 0.05) is 0 Å². The van der Waals surface area contributed by atoms with Crippen LogP contribution in [0.2, 0.25) is 0 Å². The topological polar surface area (TPSA) is 75.7 Å². The van der Waals surface area contributed by atoms with Gasteiger partial charge in [-0.1, -0.05) is 99.1 Å². The van der Waals surface area contributed by atoms with Gasteiger partial charge in [-0.15, -0.1) is 0 Å². The molecule has 4 rings (SSSR count). The molecule has 4 aromatic carbocycles. The standard InChI is InChI=1S/C33H36N2O4S/c1-25-18-20-27(21-19-25)40(37,38)35(24-26-12-6-5-7-13-26)30-16-10-8-14-28(30)32(36)34-22-23-39-31-17-11-9-15-29(31)33(2,3)4/h5-21H,22-24H2,1-4H3,(H,34,36). The summed E-state index contributed by atoms with van der Waals surface area (Å²) in [4.78, 5) is 13.5. The summed E-state index contributed by atoms with van der Waals surface area (Å²) in [6, 6.07) is 30.7. The highest BCUT2D eigenvalue weighted by molar-refractivity contribution is 7.92. The molecule has 4 aromatic rings. The van der Waals surface area contributed by atoms with E-state index in [0.717, 1.165) is 22.4 Å². The highest BCUT2D eigenvalue weighted by atomic mass is 32.2. The number of carbonyl (C=O) groups excluding carboxylic acids is 1. The van der Waals surface area contributed by atoms with Crippen molar-refractivity contribution in [3.8, 4) is 5.75 Å². The summed E-state index contributed by atoms with van der Waals surface area (Å²) in [6.45, 7) is 8.89. The zero-order valence-corrected chi connectivity index (χ0v) is 24.2. The van der Waals surface area contributed by atoms with Crippen LogP contribution < -0.4 is 14.4 Å². The van der Waals surface area contributed by atoms with Crippen LogP contribution in [0.15, 0.2) is 108 Å². The quantitative estimate of drug-likeness (QED) is 0.226. The highest BCUT2D eigenvalue weighted by Crippen LogP contribution is 2.31. The molecular formula is C33H36N2O4S. The minimum absolute atomic E-state index is 0.0774. The van der Waals surface area contributed by atoms with E-state index >= 15 is 0 Å². The Morgan fingerprint density at radius 3 is 2.15 bits per heavy atom. The Morgan fingerprint density at radius 1 is 0.825 bits per heavy atom. The number of ether oxygens (including phenoxy) is 1. The summed E-state index contributed by atoms with van der Waals surface area (Å²) in [6.07, 6.45) is 0. The first-order valence-electron chi connectivity index (χ1n) is 13.3. The third-order valence-electron chi connectivity index (χ3n) is 6.54. The lowest BCUT2D eigenvalue weighted by atomic mass is 9.86. The third-order valence-corrected chi connectivity index (χ3v) is 8.31. The smallest absolute Gasteiger partial charge is 0.264 e. The normalized spacial score (nSPS) is 11.6. The van der Waals surface area contributed by atoms with Gasteiger partial charge in [0.15, 0.2) is 0 Å². The van der Waals surface area contributed by atoms with Gasteiger partial charge in [0.1, 0.15) is 12.4 Å². The van der Waals surface area contributed by atoms with Crippen LogP contribution in [0.25, 0.3) is 0 Å². The van der Waals surface area contributed by atoms with Crippen LogP contribution in [-0.4, -0.2) is 27.5 Å². The average Bonchev–Trinajstić information content (AvgIpc) is 2.94. The second-order valence-electron chi connectivity index (χ2n) is 10.7. The number of anilines is 1. The van der Waals surface area contributed by atoms with Crippen LogP contribution in [0.5, 0.6) is 5.75 Å². The first kappa shape index (κ1) is 28.9. The maximum absolute atomic E-state index is 13.9. The fourth-order valence-corrected chi connectivity index (χ4v) is 5.87. The maximum Gasteiger partial charge on any atom is 0.264 e. The molecule has 0 saturated carbocycles. The number of rotatable bonds is 10. The average molecular weight is 557 g/mol. The van der Waals surface area contributed by atoms with Crippen molar-refractivity contribution in [2.75, 3.05) is 17.5 Å². The van der Waals surface area contributed by atoms with Gasteiger partial charge >= 0.3 is 0 Å². The summed E-state index contributed by atoms with van der Waals surface area (Å²) >= 11 is 0. The van der Waals surface area contributed by atoms with Gasteiger partial charge in [0.2, 0.25) is 0 Å². The lowest BCUT2D eigenvalue weighted by molar-refractivity contribution is 0.0947. The Kier molecular flexibility index (Phi) is 8.95. The van der Waals surface area contributed by atoms with Crippen LogP contribution in [0.4, 0.5) is 5.69 Å². The molecule has 0 radical (unpaired) electrons. The summed E-state index contributed by atoms with van der Waals surface area (Å²) in [5, 5.41) is 2.90. The zero-order valence-electron chi connectivity index (χ0n) is 23.4. The van der Waals surface area contributed by atoms with Gasteiger partial charge in [-0.05, 0) is 53.8 Å². The van der Waals surface area contributed by atoms with Gasteiger partial charge < -0.3 is 10.1 Å². The van der Waals surface area contributed by atoms with E-state index < -0.39 is 10.0 Å². The molecule has 1 amide bonds. The zero-order chi connectivity index (χ0) is 28.8. The van der Waals surface area contributed by atoms with Gasteiger partial charge in [0.25, 0.3) is 15.9 Å². The number of sulfonamides is 1. The molecule has 0 heterocycles. The predicted octanol–water partition coefficient (Wildman–Crippen LogP) is 6.50. The van der Waals surface area contributed by atoms with Crippen molar-refractivity contribution in [3.63, 3.8) is 0 Å². The molecule has 208 valence electrons. The van der Waals surface area contributed by atoms with Crippen LogP contribution in [0.1, 0.15) is 47.8 Å². The third kappa shape index (κ3) is 6.90. The number of hydrogen-bond donors (Lipinski definition) is 1. The molecule has 0 atom stereocenters. The Bertz CT molecular complexity index is 1540. The number of carbonyl (C=O) groups is 1. The van der Waals surface area contributed by atoms with Crippen molar-refractivity contribution in [2.45, 2.75) is 44.6 Å². The number of nitrogens with one attached hydrogen (secondary N) is 1. The van der Waals surface area contributed by atoms with Crippen LogP contribution in [-0.2, 0) is 22.0 Å². The first-order chi connectivity index (χ1) is 19.1. The van der Waals surface area contributed by atoms with Crippen molar-refractivity contribution >= 4 is 21.6 Å². The molecule has 0 aliphatic rings. The van der Waals surface area contributed by atoms with Crippen molar-refractivity contribution < 1.29 is 17.9 Å². The number of hydrogen-bond acceptors (Lipinski definition) is 4. The Balaban J connectivity index is 1.57. The predicted molar refractivity (Wildman–Crippen MR) is 160 cm³/mol. The molecule has 1 N–H and O–H groups in total. The first-order valence-corrected chi connectivity index (χ1v) is 14.7. The molecule has 0 spiro atoms. The van der Waals surface area contributed by atoms with E-state index in [9.17, 15) is 13.2 Å². The Labute approximate surface area is 237 Å². The minimum Gasteiger partial charge on any atom is -0.491 e. The molecule has 0 bridgehead atoms. The summed E-state index contributed by atoms with van der Waals surface area (Å²) in [7, 11) is -3.98. The van der Waals surface area contributed by atoms with Crippen LogP contribution >= 0.6 is 0 Å². The Hall–Kier alpha value is -4.10. The molecule has 40 heavy (non-hydrogen) atoms. The maximum atomic E-state index is 13.9. The van der Waals surface area contributed by atoms with Crippen molar-refractivity contribution in [1.29, 1.82) is 0 Å². The highest BCUT2D eigenvalue weighted by Gasteiger charge is 2.28. The van der Waals surface area contributed by atoms with E-state index in [1.165, 1.54) is 4.31 Å². The molecule has 0 aromatic heterocycles. The van der Waals surface area contributed by atoms with E-state index in [1.54, 1.807) is 48.5 Å². The van der Waals surface area contributed by atoms with Crippen LogP contribution in [0, 0.1) is 6.92 Å². The number of aryl methyl sites for hydroxylation is 1. The van der Waals surface area contributed by atoms with Gasteiger partial charge in [-0.25, -0.2) is 8.42 Å². The number of amides is 1. The largest absolute Gasteiger partial charge is 0.491 e. The molecule has 0 aliphatic carbocycles. The molecule has 6 nitrogen and oxygen atoms in total. The van der Waals surface area contributed by atoms with E-state index in [4.69, 9.17) is 4.74 Å². The van der Waals surface area contributed by atoms with E-state index in [2.05, 4.69) is 26.1 Å². The van der Waals surface area contributed by atoms with Gasteiger partial charge in [-0.3, -0.25) is 9.10 Å². The van der Waals surface area contributed by atoms with Gasteiger partial charge in [-0.2, -0.15) is 0 Å². The molecule has 7 heteroatoms. The van der Waals surface area contributed by atoms with Crippen LogP contribution in [0.3, 0.4) is 0 Å². The molecule has 0 unspecified atom stereocenters. The van der Waals surface area contributed by atoms with E-state index in [-0.39, 0.29) is 41.5 Å². The SMILES string of the molecule is Cc1ccc(S(=O)(=O)N(Cc2ccccc2)c2ccccc2C(=O)NCCOc2ccccc2C(C)(C)C)cc1. The summed E-state index contributed by atoms with van der Waals surface area (Å²) in [5.41, 5.74) is 3.35. The van der Waals surface area contributed by atoms with Crippen molar-refractivity contribution in [2.24, 2.45) is 0 Å². The monoisotopic (exact) mass is 556 g/mol. The van der Waals surface area contributed by atoms with Gasteiger partial charge in [0.05, 0.1) is 29.2 Å². The molecule has 0 aliphatic heterocycles. The fourth-order valence-electron chi connectivity index (χ4n) is 4.40. The number of benzene rings is 4. The second kappa shape index (κ2) is 12.4. The van der Waals surface area contributed by atoms with Crippen molar-refractivity contribution in [3.05, 3.63) is 125 Å². The fraction of sp³-hybridized carbons (Fsp3) is 0.242. The van der Waals surface area contributed by atoms with E-state index in [0.29, 0.717) is 5.69 Å². The lowest BCUT2D eigenvalue weighted by Crippen LogP contribution is -2.34. The second-order valence-corrected chi connectivity index (χ2v) is 12.5. The summed E-state index contributed by atoms with van der Waals surface area (Å²) in [5.74, 6) is 0.406. The van der Waals surface area contributed by atoms with E-state index in [1.807, 2.05) is 61.5 Å².